The Morgan fingerprint density at radius 3 is 2.89 bits per heavy atom. The molecule has 0 aliphatic heterocycles. The molecule has 1 atom stereocenters. The first-order valence-electron chi connectivity index (χ1n) is 9.35. The smallest absolute Gasteiger partial charge is 0.319 e. The minimum atomic E-state index is -0.326. The molecule has 2 aromatic heterocycles. The summed E-state index contributed by atoms with van der Waals surface area (Å²) in [6, 6.07) is 6.06. The monoisotopic (exact) mass is 383 g/mol. The summed E-state index contributed by atoms with van der Waals surface area (Å²) in [6.45, 7) is 2.98. The number of halogens is 1. The van der Waals surface area contributed by atoms with Gasteiger partial charge in [-0.05, 0) is 31.7 Å². The van der Waals surface area contributed by atoms with Crippen molar-refractivity contribution in [2.24, 2.45) is 5.92 Å². The second-order valence-corrected chi connectivity index (χ2v) is 6.87. The standard InChI is InChI=1S/C19H22FN7O/c1-2-27-18(21-12-23-27)17(13-7-8-13)25-19(28)24-15-9-22-26(11-15)10-14-5-3-4-6-16(14)20/h3-6,9,11-13,17H,2,7-8,10H2,1H3,(H2,24,25,28)/t17-/m0/s1. The van der Waals surface area contributed by atoms with E-state index in [1.165, 1.54) is 12.4 Å². The van der Waals surface area contributed by atoms with E-state index in [4.69, 9.17) is 0 Å². The summed E-state index contributed by atoms with van der Waals surface area (Å²) in [5.41, 5.74) is 1.08. The van der Waals surface area contributed by atoms with Crippen LogP contribution >= 0.6 is 0 Å². The summed E-state index contributed by atoms with van der Waals surface area (Å²) < 4.78 is 17.2. The molecule has 1 aliphatic carbocycles. The SMILES string of the molecule is CCn1ncnc1[C@@H](NC(=O)Nc1cnn(Cc2ccccc2F)c1)C1CC1. The Labute approximate surface area is 161 Å². The number of hydrogen-bond donors (Lipinski definition) is 2. The Morgan fingerprint density at radius 1 is 1.32 bits per heavy atom. The predicted octanol–water partition coefficient (Wildman–Crippen LogP) is 2.95. The maximum atomic E-state index is 13.8. The molecule has 3 aromatic rings. The molecule has 28 heavy (non-hydrogen) atoms. The van der Waals surface area contributed by atoms with Gasteiger partial charge in [0, 0.05) is 18.3 Å². The summed E-state index contributed by atoms with van der Waals surface area (Å²) in [6.07, 6.45) is 6.85. The molecular formula is C19H22FN7O. The van der Waals surface area contributed by atoms with Crippen molar-refractivity contribution in [3.05, 3.63) is 60.2 Å². The molecule has 1 fully saturated rings. The fourth-order valence-electron chi connectivity index (χ4n) is 3.20. The van der Waals surface area contributed by atoms with Crippen molar-refractivity contribution in [1.29, 1.82) is 0 Å². The normalized spacial score (nSPS) is 14.6. The van der Waals surface area contributed by atoms with E-state index in [1.54, 1.807) is 40.0 Å². The van der Waals surface area contributed by atoms with Gasteiger partial charge in [-0.3, -0.25) is 4.68 Å². The Kier molecular flexibility index (Phi) is 5.05. The lowest BCUT2D eigenvalue weighted by Crippen LogP contribution is -2.35. The Hall–Kier alpha value is -3.23. The Balaban J connectivity index is 1.40. The number of benzene rings is 1. The van der Waals surface area contributed by atoms with Crippen LogP contribution in [0.3, 0.4) is 0 Å². The zero-order valence-corrected chi connectivity index (χ0v) is 15.5. The van der Waals surface area contributed by atoms with Crippen LogP contribution in [0.2, 0.25) is 0 Å². The third kappa shape index (κ3) is 4.03. The largest absolute Gasteiger partial charge is 0.328 e. The number of hydrogen-bond acceptors (Lipinski definition) is 4. The van der Waals surface area contributed by atoms with Crippen molar-refractivity contribution >= 4 is 11.7 Å². The first-order chi connectivity index (χ1) is 13.6. The van der Waals surface area contributed by atoms with Gasteiger partial charge in [0.05, 0.1) is 24.5 Å². The van der Waals surface area contributed by atoms with Crippen molar-refractivity contribution in [3.8, 4) is 0 Å². The molecule has 0 radical (unpaired) electrons. The van der Waals surface area contributed by atoms with Gasteiger partial charge in [0.1, 0.15) is 18.0 Å². The molecule has 1 aromatic carbocycles. The number of anilines is 1. The van der Waals surface area contributed by atoms with Gasteiger partial charge >= 0.3 is 6.03 Å². The topological polar surface area (TPSA) is 89.7 Å². The van der Waals surface area contributed by atoms with Gasteiger partial charge in [0.25, 0.3) is 0 Å². The van der Waals surface area contributed by atoms with Crippen LogP contribution in [0.25, 0.3) is 0 Å². The number of amides is 2. The van der Waals surface area contributed by atoms with Gasteiger partial charge in [0.2, 0.25) is 0 Å². The highest BCUT2D eigenvalue weighted by Crippen LogP contribution is 2.40. The minimum absolute atomic E-state index is 0.170. The van der Waals surface area contributed by atoms with Crippen molar-refractivity contribution < 1.29 is 9.18 Å². The predicted molar refractivity (Wildman–Crippen MR) is 101 cm³/mol. The first kappa shape index (κ1) is 18.1. The number of aryl methyl sites for hydroxylation is 1. The van der Waals surface area contributed by atoms with Gasteiger partial charge in [-0.1, -0.05) is 18.2 Å². The zero-order chi connectivity index (χ0) is 19.5. The van der Waals surface area contributed by atoms with Crippen LogP contribution in [-0.4, -0.2) is 30.6 Å². The molecule has 2 N–H and O–H groups in total. The third-order valence-corrected chi connectivity index (χ3v) is 4.78. The molecule has 0 spiro atoms. The number of nitrogens with zero attached hydrogens (tertiary/aromatic N) is 5. The van der Waals surface area contributed by atoms with E-state index in [9.17, 15) is 9.18 Å². The molecule has 2 amide bonds. The van der Waals surface area contributed by atoms with E-state index in [0.29, 0.717) is 30.3 Å². The minimum Gasteiger partial charge on any atom is -0.328 e. The second-order valence-electron chi connectivity index (χ2n) is 6.87. The number of carbonyl (C=O) groups excluding carboxylic acids is 1. The Morgan fingerprint density at radius 2 is 2.14 bits per heavy atom. The fourth-order valence-corrected chi connectivity index (χ4v) is 3.20. The van der Waals surface area contributed by atoms with E-state index < -0.39 is 0 Å². The quantitative estimate of drug-likeness (QED) is 0.656. The van der Waals surface area contributed by atoms with Crippen molar-refractivity contribution in [2.45, 2.75) is 38.9 Å². The van der Waals surface area contributed by atoms with Crippen molar-refractivity contribution in [2.75, 3.05) is 5.32 Å². The maximum absolute atomic E-state index is 13.8. The van der Waals surface area contributed by atoms with E-state index in [-0.39, 0.29) is 17.9 Å². The highest BCUT2D eigenvalue weighted by atomic mass is 19.1. The van der Waals surface area contributed by atoms with Crippen LogP contribution in [-0.2, 0) is 13.1 Å². The molecule has 8 nitrogen and oxygen atoms in total. The van der Waals surface area contributed by atoms with Gasteiger partial charge in [-0.2, -0.15) is 10.2 Å². The number of aromatic nitrogens is 5. The average molecular weight is 383 g/mol. The van der Waals surface area contributed by atoms with E-state index in [0.717, 1.165) is 18.7 Å². The van der Waals surface area contributed by atoms with Crippen LogP contribution < -0.4 is 10.6 Å². The average Bonchev–Trinajstić information content (AvgIpc) is 3.26. The molecule has 4 rings (SSSR count). The summed E-state index contributed by atoms with van der Waals surface area (Å²) in [7, 11) is 0. The summed E-state index contributed by atoms with van der Waals surface area (Å²) >= 11 is 0. The fraction of sp³-hybridized carbons (Fsp3) is 0.368. The number of urea groups is 1. The molecule has 2 heterocycles. The van der Waals surface area contributed by atoms with Crippen molar-refractivity contribution in [3.63, 3.8) is 0 Å². The number of carbonyl (C=O) groups is 1. The van der Waals surface area contributed by atoms with Gasteiger partial charge < -0.3 is 10.6 Å². The van der Waals surface area contributed by atoms with E-state index >= 15 is 0 Å². The van der Waals surface area contributed by atoms with Crippen LogP contribution in [0.5, 0.6) is 0 Å². The lowest BCUT2D eigenvalue weighted by Gasteiger charge is -2.18. The van der Waals surface area contributed by atoms with Gasteiger partial charge in [0.15, 0.2) is 0 Å². The molecule has 0 bridgehead atoms. The lowest BCUT2D eigenvalue weighted by atomic mass is 10.1. The zero-order valence-electron chi connectivity index (χ0n) is 15.5. The molecule has 146 valence electrons. The second kappa shape index (κ2) is 7.79. The lowest BCUT2D eigenvalue weighted by molar-refractivity contribution is 0.246. The Bertz CT molecular complexity index is 963. The van der Waals surface area contributed by atoms with Gasteiger partial charge in [-0.15, -0.1) is 0 Å². The summed E-state index contributed by atoms with van der Waals surface area (Å²) in [5, 5.41) is 14.2. The van der Waals surface area contributed by atoms with Crippen LogP contribution in [0, 0.1) is 11.7 Å². The molecule has 9 heteroatoms. The first-order valence-corrected chi connectivity index (χ1v) is 9.35. The highest BCUT2D eigenvalue weighted by molar-refractivity contribution is 5.89. The number of rotatable bonds is 7. The van der Waals surface area contributed by atoms with E-state index in [1.807, 2.05) is 6.92 Å². The highest BCUT2D eigenvalue weighted by Gasteiger charge is 2.36. The van der Waals surface area contributed by atoms with Crippen LogP contribution in [0.4, 0.5) is 14.9 Å². The van der Waals surface area contributed by atoms with Crippen molar-refractivity contribution in [1.82, 2.24) is 29.9 Å². The van der Waals surface area contributed by atoms with E-state index in [2.05, 4.69) is 25.8 Å². The molecule has 0 saturated heterocycles. The molecule has 1 saturated carbocycles. The maximum Gasteiger partial charge on any atom is 0.319 e. The number of nitrogens with one attached hydrogen (secondary N) is 2. The summed E-state index contributed by atoms with van der Waals surface area (Å²) in [5.74, 6) is 0.872. The molecule has 0 unspecified atom stereocenters. The van der Waals surface area contributed by atoms with Crippen LogP contribution in [0.15, 0.2) is 43.0 Å². The molecular weight excluding hydrogens is 361 g/mol. The van der Waals surface area contributed by atoms with Gasteiger partial charge in [-0.25, -0.2) is 18.9 Å². The third-order valence-electron chi connectivity index (χ3n) is 4.78. The summed E-state index contributed by atoms with van der Waals surface area (Å²) in [4.78, 5) is 16.8. The molecule has 1 aliphatic rings. The van der Waals surface area contributed by atoms with Crippen LogP contribution in [0.1, 0.15) is 37.2 Å².